The number of amides is 1. The highest BCUT2D eigenvalue weighted by molar-refractivity contribution is 6.02. The number of aryl methyl sites for hydroxylation is 1. The molecule has 0 saturated carbocycles. The number of nitrogens with one attached hydrogen (secondary N) is 2. The van der Waals surface area contributed by atoms with E-state index in [-0.39, 0.29) is 11.3 Å². The highest BCUT2D eigenvalue weighted by Crippen LogP contribution is 2.21. The van der Waals surface area contributed by atoms with Crippen LogP contribution in [0.2, 0.25) is 0 Å². The zero-order valence-corrected chi connectivity index (χ0v) is 13.0. The molecule has 0 atom stereocenters. The normalized spacial score (nSPS) is 10.4. The average molecular weight is 340 g/mol. The molecule has 3 aromatic rings. The number of carbonyl (C=O) groups excluding carboxylic acids is 1. The van der Waals surface area contributed by atoms with Crippen LogP contribution >= 0.6 is 0 Å². The molecule has 3 rings (SSSR count). The molecule has 0 fully saturated rings. The molecule has 9 heteroatoms. The molecule has 1 amide bonds. The molecule has 2 N–H and O–H groups in total. The predicted molar refractivity (Wildman–Crippen MR) is 88.3 cm³/mol. The van der Waals surface area contributed by atoms with E-state index in [1.54, 1.807) is 31.2 Å². The second-order valence-corrected chi connectivity index (χ2v) is 5.17. The van der Waals surface area contributed by atoms with Crippen molar-refractivity contribution < 1.29 is 14.1 Å². The Morgan fingerprint density at radius 1 is 1.28 bits per heavy atom. The molecule has 2 heterocycles. The molecular formula is C16H12N4O5. The van der Waals surface area contributed by atoms with Crippen LogP contribution in [-0.2, 0) is 0 Å². The Bertz CT molecular complexity index is 1020. The van der Waals surface area contributed by atoms with Crippen LogP contribution in [0.1, 0.15) is 16.2 Å². The van der Waals surface area contributed by atoms with Gasteiger partial charge in [-0.1, -0.05) is 12.1 Å². The highest BCUT2D eigenvalue weighted by atomic mass is 16.6. The number of hydrogen-bond donors (Lipinski definition) is 2. The third-order valence-electron chi connectivity index (χ3n) is 3.26. The SMILES string of the molecule is Cc1cc(=O)[nH]c(-c2cccc(NC(=O)c3ccc([N+](=O)[O-])o3)c2)n1. The molecule has 25 heavy (non-hydrogen) atoms. The molecule has 0 radical (unpaired) electrons. The third kappa shape index (κ3) is 3.61. The van der Waals surface area contributed by atoms with Gasteiger partial charge >= 0.3 is 5.88 Å². The molecule has 9 nitrogen and oxygen atoms in total. The molecule has 1 aromatic carbocycles. The van der Waals surface area contributed by atoms with Crippen molar-refractivity contribution >= 4 is 17.5 Å². The summed E-state index contributed by atoms with van der Waals surface area (Å²) in [6.07, 6.45) is 0. The van der Waals surface area contributed by atoms with Crippen LogP contribution in [-0.4, -0.2) is 20.8 Å². The lowest BCUT2D eigenvalue weighted by molar-refractivity contribution is -0.402. The van der Waals surface area contributed by atoms with Crippen LogP contribution in [0.5, 0.6) is 0 Å². The molecular weight excluding hydrogens is 328 g/mol. The van der Waals surface area contributed by atoms with E-state index in [9.17, 15) is 19.7 Å². The van der Waals surface area contributed by atoms with E-state index in [1.165, 1.54) is 12.1 Å². The molecule has 0 unspecified atom stereocenters. The molecule has 0 aliphatic carbocycles. The van der Waals surface area contributed by atoms with Crippen molar-refractivity contribution in [2.24, 2.45) is 0 Å². The van der Waals surface area contributed by atoms with Crippen molar-refractivity contribution in [2.75, 3.05) is 5.32 Å². The lowest BCUT2D eigenvalue weighted by atomic mass is 10.2. The molecule has 126 valence electrons. The number of hydrogen-bond acceptors (Lipinski definition) is 6. The Morgan fingerprint density at radius 2 is 2.08 bits per heavy atom. The van der Waals surface area contributed by atoms with Gasteiger partial charge in [0.1, 0.15) is 10.7 Å². The van der Waals surface area contributed by atoms with Gasteiger partial charge in [-0.05, 0) is 25.1 Å². The second-order valence-electron chi connectivity index (χ2n) is 5.17. The average Bonchev–Trinajstić information content (AvgIpc) is 3.04. The van der Waals surface area contributed by atoms with Crippen molar-refractivity contribution in [2.45, 2.75) is 6.92 Å². The zero-order chi connectivity index (χ0) is 18.0. The quantitative estimate of drug-likeness (QED) is 0.554. The lowest BCUT2D eigenvalue weighted by Gasteiger charge is -2.06. The standard InChI is InChI=1S/C16H12N4O5/c1-9-7-13(21)19-15(17-9)10-3-2-4-11(8-10)18-16(22)12-5-6-14(25-12)20(23)24/h2-8H,1H3,(H,18,22)(H,17,19,21). The maximum atomic E-state index is 12.1. The van der Waals surface area contributed by atoms with E-state index in [0.29, 0.717) is 22.8 Å². The fraction of sp³-hybridized carbons (Fsp3) is 0.0625. The number of rotatable bonds is 4. The first-order chi connectivity index (χ1) is 11.9. The number of anilines is 1. The maximum absolute atomic E-state index is 12.1. The van der Waals surface area contributed by atoms with Crippen molar-refractivity contribution in [3.63, 3.8) is 0 Å². The zero-order valence-electron chi connectivity index (χ0n) is 13.0. The van der Waals surface area contributed by atoms with Crippen molar-refractivity contribution in [3.8, 4) is 11.4 Å². The summed E-state index contributed by atoms with van der Waals surface area (Å²) >= 11 is 0. The number of benzene rings is 1. The Labute approximate surface area is 140 Å². The number of nitro groups is 1. The summed E-state index contributed by atoms with van der Waals surface area (Å²) in [7, 11) is 0. The largest absolute Gasteiger partial charge is 0.433 e. The molecule has 0 bridgehead atoms. The summed E-state index contributed by atoms with van der Waals surface area (Å²) in [5.74, 6) is -0.953. The molecule has 0 aliphatic heterocycles. The summed E-state index contributed by atoms with van der Waals surface area (Å²) in [4.78, 5) is 40.4. The van der Waals surface area contributed by atoms with E-state index in [1.807, 2.05) is 0 Å². The Morgan fingerprint density at radius 3 is 2.76 bits per heavy atom. The number of H-pyrrole nitrogens is 1. The number of carbonyl (C=O) groups is 1. The van der Waals surface area contributed by atoms with Gasteiger partial charge < -0.3 is 14.7 Å². The van der Waals surface area contributed by atoms with Crippen LogP contribution in [0, 0.1) is 17.0 Å². The topological polar surface area (TPSA) is 131 Å². The van der Waals surface area contributed by atoms with Crippen LogP contribution < -0.4 is 10.9 Å². The Hall–Kier alpha value is -3.75. The molecule has 2 aromatic heterocycles. The van der Waals surface area contributed by atoms with Gasteiger partial charge in [0.05, 0.1) is 6.07 Å². The van der Waals surface area contributed by atoms with Gasteiger partial charge in [0.2, 0.25) is 0 Å². The van der Waals surface area contributed by atoms with E-state index >= 15 is 0 Å². The fourth-order valence-corrected chi connectivity index (χ4v) is 2.20. The van der Waals surface area contributed by atoms with E-state index < -0.39 is 16.7 Å². The van der Waals surface area contributed by atoms with Gasteiger partial charge in [-0.2, -0.15) is 0 Å². The van der Waals surface area contributed by atoms with Crippen molar-refractivity contribution in [1.29, 1.82) is 0 Å². The fourth-order valence-electron chi connectivity index (χ4n) is 2.20. The monoisotopic (exact) mass is 340 g/mol. The number of furan rings is 1. The van der Waals surface area contributed by atoms with Crippen LogP contribution in [0.3, 0.4) is 0 Å². The third-order valence-corrected chi connectivity index (χ3v) is 3.26. The summed E-state index contributed by atoms with van der Waals surface area (Å²) in [6.45, 7) is 1.70. The van der Waals surface area contributed by atoms with E-state index in [4.69, 9.17) is 4.42 Å². The molecule has 0 saturated heterocycles. The highest BCUT2D eigenvalue weighted by Gasteiger charge is 2.17. The molecule has 0 aliphatic rings. The van der Waals surface area contributed by atoms with Gasteiger partial charge in [0, 0.05) is 23.0 Å². The summed E-state index contributed by atoms with van der Waals surface area (Å²) in [5, 5.41) is 13.2. The minimum Gasteiger partial charge on any atom is -0.395 e. The summed E-state index contributed by atoms with van der Waals surface area (Å²) in [5.41, 5.74) is 1.31. The Kier molecular flexibility index (Phi) is 4.12. The van der Waals surface area contributed by atoms with Crippen molar-refractivity contribution in [3.05, 3.63) is 74.4 Å². The first kappa shape index (κ1) is 16.1. The number of aromatic nitrogens is 2. The first-order valence-corrected chi connectivity index (χ1v) is 7.16. The predicted octanol–water partition coefficient (Wildman–Crippen LogP) is 2.50. The van der Waals surface area contributed by atoms with Gasteiger partial charge in [-0.15, -0.1) is 0 Å². The van der Waals surface area contributed by atoms with E-state index in [0.717, 1.165) is 6.07 Å². The minimum atomic E-state index is -0.725. The van der Waals surface area contributed by atoms with Crippen LogP contribution in [0.25, 0.3) is 11.4 Å². The van der Waals surface area contributed by atoms with Gasteiger partial charge in [0.25, 0.3) is 11.5 Å². The van der Waals surface area contributed by atoms with Gasteiger partial charge in [-0.3, -0.25) is 19.7 Å². The Balaban J connectivity index is 1.85. The first-order valence-electron chi connectivity index (χ1n) is 7.16. The van der Waals surface area contributed by atoms with Gasteiger partial charge in [0.15, 0.2) is 5.76 Å². The summed E-state index contributed by atoms with van der Waals surface area (Å²) in [6, 6.07) is 10.4. The van der Waals surface area contributed by atoms with Gasteiger partial charge in [-0.25, -0.2) is 4.98 Å². The van der Waals surface area contributed by atoms with E-state index in [2.05, 4.69) is 15.3 Å². The van der Waals surface area contributed by atoms with Crippen LogP contribution in [0.15, 0.2) is 51.7 Å². The molecule has 0 spiro atoms. The van der Waals surface area contributed by atoms with Crippen LogP contribution in [0.4, 0.5) is 11.6 Å². The maximum Gasteiger partial charge on any atom is 0.433 e. The smallest absolute Gasteiger partial charge is 0.395 e. The lowest BCUT2D eigenvalue weighted by Crippen LogP contribution is -2.11. The second kappa shape index (κ2) is 6.40. The van der Waals surface area contributed by atoms with Crippen molar-refractivity contribution in [1.82, 2.24) is 9.97 Å². The number of nitrogens with zero attached hydrogens (tertiary/aromatic N) is 2. The summed E-state index contributed by atoms with van der Waals surface area (Å²) < 4.78 is 4.85. The number of aromatic amines is 1. The minimum absolute atomic E-state index is 0.181.